The molecule has 9 heteroatoms. The van der Waals surface area contributed by atoms with Crippen molar-refractivity contribution in [2.45, 2.75) is 12.4 Å². The minimum atomic E-state index is -4.79. The van der Waals surface area contributed by atoms with E-state index in [1.165, 1.54) is 18.4 Å². The number of benzene rings is 1. The second-order valence-electron chi connectivity index (χ2n) is 5.47. The van der Waals surface area contributed by atoms with Crippen molar-refractivity contribution in [1.82, 2.24) is 10.2 Å². The van der Waals surface area contributed by atoms with Crippen LogP contribution in [-0.4, -0.2) is 42.5 Å². The second kappa shape index (κ2) is 7.99. The Labute approximate surface area is 148 Å². The van der Waals surface area contributed by atoms with Gasteiger partial charge < -0.3 is 19.6 Å². The van der Waals surface area contributed by atoms with E-state index in [2.05, 4.69) is 10.1 Å². The quantitative estimate of drug-likeness (QED) is 0.855. The van der Waals surface area contributed by atoms with Gasteiger partial charge >= 0.3 is 6.36 Å². The number of aromatic hydroxyl groups is 1. The molecule has 0 saturated carbocycles. The van der Waals surface area contributed by atoms with Gasteiger partial charge in [0.25, 0.3) is 0 Å². The number of halogens is 4. The average molecular weight is 379 g/mol. The highest BCUT2D eigenvalue weighted by atomic mass is 35.5. The number of piperazine rings is 1. The predicted molar refractivity (Wildman–Crippen MR) is 87.0 cm³/mol. The minimum Gasteiger partial charge on any atom is -0.508 e. The van der Waals surface area contributed by atoms with Crippen molar-refractivity contribution in [1.29, 1.82) is 0 Å². The zero-order valence-electron chi connectivity index (χ0n) is 13.1. The normalized spacial score (nSPS) is 16.9. The van der Waals surface area contributed by atoms with E-state index in [0.29, 0.717) is 24.4 Å². The first-order chi connectivity index (χ1) is 11.4. The van der Waals surface area contributed by atoms with Crippen LogP contribution in [0.15, 0.2) is 41.0 Å². The molecule has 0 spiro atoms. The molecule has 138 valence electrons. The summed E-state index contributed by atoms with van der Waals surface area (Å²) < 4.78 is 46.9. The molecule has 1 aromatic heterocycles. The largest absolute Gasteiger partial charge is 0.573 e. The molecule has 1 aliphatic rings. The molecule has 3 rings (SSSR count). The van der Waals surface area contributed by atoms with Gasteiger partial charge in [0, 0.05) is 31.7 Å². The third-order valence-electron chi connectivity index (χ3n) is 3.86. The van der Waals surface area contributed by atoms with Gasteiger partial charge in [-0.3, -0.25) is 4.90 Å². The maximum absolute atomic E-state index is 12.5. The van der Waals surface area contributed by atoms with Gasteiger partial charge in [-0.25, -0.2) is 0 Å². The number of ether oxygens (including phenoxy) is 1. The van der Waals surface area contributed by atoms with Crippen molar-refractivity contribution in [3.05, 3.63) is 47.9 Å². The van der Waals surface area contributed by atoms with E-state index >= 15 is 0 Å². The van der Waals surface area contributed by atoms with Gasteiger partial charge in [0.15, 0.2) is 0 Å². The fraction of sp³-hybridized carbons (Fsp3) is 0.375. The molecular weight excluding hydrogens is 361 g/mol. The SMILES string of the molecule is Cl.Oc1ccc(OC(F)(F)F)cc1[C@H](c1ccco1)N1CCNCC1. The van der Waals surface area contributed by atoms with Crippen molar-refractivity contribution in [2.24, 2.45) is 0 Å². The van der Waals surface area contributed by atoms with Crippen LogP contribution < -0.4 is 10.1 Å². The summed E-state index contributed by atoms with van der Waals surface area (Å²) in [6, 6.07) is 6.45. The molecule has 1 atom stereocenters. The van der Waals surface area contributed by atoms with E-state index in [-0.39, 0.29) is 23.9 Å². The summed E-state index contributed by atoms with van der Waals surface area (Å²) >= 11 is 0. The first kappa shape index (κ1) is 19.4. The number of nitrogens with one attached hydrogen (secondary N) is 1. The lowest BCUT2D eigenvalue weighted by atomic mass is 10.0. The van der Waals surface area contributed by atoms with E-state index in [9.17, 15) is 18.3 Å². The predicted octanol–water partition coefficient (Wildman–Crippen LogP) is 3.30. The summed E-state index contributed by atoms with van der Waals surface area (Å²) in [7, 11) is 0. The summed E-state index contributed by atoms with van der Waals surface area (Å²) in [6.07, 6.45) is -3.29. The minimum absolute atomic E-state index is 0. The third kappa shape index (κ3) is 4.81. The van der Waals surface area contributed by atoms with E-state index in [1.807, 2.05) is 4.90 Å². The van der Waals surface area contributed by atoms with Crippen molar-refractivity contribution >= 4 is 12.4 Å². The van der Waals surface area contributed by atoms with Gasteiger partial charge in [-0.1, -0.05) is 0 Å². The fourth-order valence-corrected chi connectivity index (χ4v) is 2.87. The van der Waals surface area contributed by atoms with E-state index in [1.54, 1.807) is 12.1 Å². The summed E-state index contributed by atoms with van der Waals surface area (Å²) in [4.78, 5) is 2.04. The van der Waals surface area contributed by atoms with Crippen LogP contribution in [0.1, 0.15) is 17.4 Å². The number of furan rings is 1. The first-order valence-electron chi connectivity index (χ1n) is 7.51. The van der Waals surface area contributed by atoms with Crippen LogP contribution in [-0.2, 0) is 0 Å². The van der Waals surface area contributed by atoms with Gasteiger partial charge in [0.05, 0.1) is 12.3 Å². The Bertz CT molecular complexity index is 674. The molecule has 2 aromatic rings. The topological polar surface area (TPSA) is 57.9 Å². The van der Waals surface area contributed by atoms with Crippen LogP contribution in [0, 0.1) is 0 Å². The fourth-order valence-electron chi connectivity index (χ4n) is 2.87. The Kier molecular flexibility index (Phi) is 6.21. The molecular formula is C16H18ClF3N2O3. The third-order valence-corrected chi connectivity index (χ3v) is 3.86. The maximum Gasteiger partial charge on any atom is 0.573 e. The Balaban J connectivity index is 0.00000225. The van der Waals surface area contributed by atoms with Gasteiger partial charge in [0.1, 0.15) is 17.3 Å². The average Bonchev–Trinajstić information content (AvgIpc) is 3.04. The lowest BCUT2D eigenvalue weighted by Gasteiger charge is -2.34. The van der Waals surface area contributed by atoms with Gasteiger partial charge in [-0.05, 0) is 30.3 Å². The van der Waals surface area contributed by atoms with Crippen molar-refractivity contribution in [3.8, 4) is 11.5 Å². The highest BCUT2D eigenvalue weighted by molar-refractivity contribution is 5.85. The summed E-state index contributed by atoms with van der Waals surface area (Å²) in [5, 5.41) is 13.4. The lowest BCUT2D eigenvalue weighted by molar-refractivity contribution is -0.274. The van der Waals surface area contributed by atoms with Crippen LogP contribution >= 0.6 is 12.4 Å². The van der Waals surface area contributed by atoms with Gasteiger partial charge in [-0.15, -0.1) is 25.6 Å². The summed E-state index contributed by atoms with van der Waals surface area (Å²) in [5.41, 5.74) is 0.314. The number of phenols is 1. The molecule has 1 aliphatic heterocycles. The number of hydrogen-bond acceptors (Lipinski definition) is 5. The summed E-state index contributed by atoms with van der Waals surface area (Å²) in [5.74, 6) is 0.0720. The molecule has 2 N–H and O–H groups in total. The van der Waals surface area contributed by atoms with Crippen molar-refractivity contribution in [2.75, 3.05) is 26.2 Å². The molecule has 0 radical (unpaired) electrons. The van der Waals surface area contributed by atoms with Gasteiger partial charge in [0.2, 0.25) is 0 Å². The first-order valence-corrected chi connectivity index (χ1v) is 7.51. The molecule has 0 unspecified atom stereocenters. The van der Waals surface area contributed by atoms with Crippen molar-refractivity contribution in [3.63, 3.8) is 0 Å². The molecule has 25 heavy (non-hydrogen) atoms. The lowest BCUT2D eigenvalue weighted by Crippen LogP contribution is -2.45. The highest BCUT2D eigenvalue weighted by Gasteiger charge is 2.33. The molecule has 1 fully saturated rings. The number of rotatable bonds is 4. The molecule has 5 nitrogen and oxygen atoms in total. The van der Waals surface area contributed by atoms with Crippen molar-refractivity contribution < 1.29 is 27.4 Å². The molecule has 0 aliphatic carbocycles. The molecule has 1 saturated heterocycles. The number of nitrogens with zero attached hydrogens (tertiary/aromatic N) is 1. The standard InChI is InChI=1S/C16H17F3N2O3.ClH/c17-16(18,19)24-11-3-4-13(22)12(10-11)15(14-2-1-9-23-14)21-7-5-20-6-8-21;/h1-4,9-10,15,20,22H,5-8H2;1H/t15-;/m1./s1. The number of alkyl halides is 3. The molecule has 0 bridgehead atoms. The van der Waals surface area contributed by atoms with Crippen LogP contribution in [0.3, 0.4) is 0 Å². The molecule has 1 aromatic carbocycles. The van der Waals surface area contributed by atoms with E-state index in [4.69, 9.17) is 4.42 Å². The van der Waals surface area contributed by atoms with Crippen LogP contribution in [0.4, 0.5) is 13.2 Å². The molecule has 2 heterocycles. The second-order valence-corrected chi connectivity index (χ2v) is 5.47. The summed E-state index contributed by atoms with van der Waals surface area (Å²) in [6.45, 7) is 2.84. The highest BCUT2D eigenvalue weighted by Crippen LogP contribution is 2.37. The van der Waals surface area contributed by atoms with E-state index < -0.39 is 12.4 Å². The Hall–Kier alpha value is -1.90. The van der Waals surface area contributed by atoms with Crippen LogP contribution in [0.5, 0.6) is 11.5 Å². The van der Waals surface area contributed by atoms with Crippen LogP contribution in [0.2, 0.25) is 0 Å². The zero-order valence-corrected chi connectivity index (χ0v) is 13.9. The monoisotopic (exact) mass is 378 g/mol. The zero-order chi connectivity index (χ0) is 17.2. The Morgan fingerprint density at radius 1 is 1.20 bits per heavy atom. The Morgan fingerprint density at radius 3 is 2.52 bits per heavy atom. The number of hydrogen-bond donors (Lipinski definition) is 2. The maximum atomic E-state index is 12.5. The van der Waals surface area contributed by atoms with Crippen LogP contribution in [0.25, 0.3) is 0 Å². The van der Waals surface area contributed by atoms with Gasteiger partial charge in [-0.2, -0.15) is 0 Å². The molecule has 0 amide bonds. The van der Waals surface area contributed by atoms with E-state index in [0.717, 1.165) is 19.2 Å². The Morgan fingerprint density at radius 2 is 1.92 bits per heavy atom. The number of phenolic OH excluding ortho intramolecular Hbond substituents is 1. The smallest absolute Gasteiger partial charge is 0.508 e.